The maximum Gasteiger partial charge on any atom is 0.205 e. The summed E-state index contributed by atoms with van der Waals surface area (Å²) in [4.78, 5) is 4.40. The van der Waals surface area contributed by atoms with E-state index in [0.29, 0.717) is 12.0 Å². The van der Waals surface area contributed by atoms with Crippen molar-refractivity contribution in [2.75, 3.05) is 20.3 Å². The van der Waals surface area contributed by atoms with Crippen LogP contribution in [0.2, 0.25) is 0 Å². The van der Waals surface area contributed by atoms with E-state index in [-0.39, 0.29) is 0 Å². The van der Waals surface area contributed by atoms with E-state index in [4.69, 9.17) is 10.6 Å². The highest BCUT2D eigenvalue weighted by Gasteiger charge is 2.08. The minimum atomic E-state index is 0.465. The fourth-order valence-corrected chi connectivity index (χ4v) is 1.81. The van der Waals surface area contributed by atoms with Crippen LogP contribution in [0.4, 0.5) is 0 Å². The minimum Gasteiger partial charge on any atom is -0.385 e. The van der Waals surface area contributed by atoms with Gasteiger partial charge in [-0.3, -0.25) is 10.4 Å². The molecule has 0 saturated heterocycles. The monoisotopic (exact) mass is 258 g/mol. The molecule has 0 radical (unpaired) electrons. The third kappa shape index (κ3) is 9.24. The van der Waals surface area contributed by atoms with Gasteiger partial charge in [-0.25, -0.2) is 5.84 Å². The largest absolute Gasteiger partial charge is 0.385 e. The van der Waals surface area contributed by atoms with Crippen LogP contribution in [0.25, 0.3) is 0 Å². The lowest BCUT2D eigenvalue weighted by Crippen LogP contribution is -2.46. The molecule has 0 heterocycles. The van der Waals surface area contributed by atoms with E-state index >= 15 is 0 Å². The second kappa shape index (κ2) is 12.6. The lowest BCUT2D eigenvalue weighted by Gasteiger charge is -2.20. The second-order valence-electron chi connectivity index (χ2n) is 4.49. The first kappa shape index (κ1) is 17.2. The topological polar surface area (TPSA) is 71.7 Å². The average molecular weight is 258 g/mol. The molecule has 4 N–H and O–H groups in total. The lowest BCUT2D eigenvalue weighted by atomic mass is 10.1. The van der Waals surface area contributed by atoms with Crippen LogP contribution in [-0.2, 0) is 4.74 Å². The number of aliphatic imine (C=N–C) groups is 1. The number of rotatable bonds is 10. The molecule has 5 heteroatoms. The van der Waals surface area contributed by atoms with Crippen molar-refractivity contribution in [1.82, 2.24) is 10.7 Å². The second-order valence-corrected chi connectivity index (χ2v) is 4.49. The third-order valence-electron chi connectivity index (χ3n) is 2.80. The Kier molecular flexibility index (Phi) is 12.1. The highest BCUT2D eigenvalue weighted by molar-refractivity contribution is 5.79. The summed E-state index contributed by atoms with van der Waals surface area (Å²) in [5.74, 6) is 6.18. The Labute approximate surface area is 112 Å². The van der Waals surface area contributed by atoms with Gasteiger partial charge in [0.15, 0.2) is 0 Å². The van der Waals surface area contributed by atoms with Crippen molar-refractivity contribution >= 4 is 5.96 Å². The summed E-state index contributed by atoms with van der Waals surface area (Å²) in [6.07, 6.45) is 6.86. The highest BCUT2D eigenvalue weighted by Crippen LogP contribution is 2.06. The standard InChI is InChI=1S/C13H30N4O/c1-4-6-9-12(8-5-2)16-13(17-14)15-10-7-11-18-3/h12H,4-11,14H2,1-3H3,(H2,15,16,17). The summed E-state index contributed by atoms with van der Waals surface area (Å²) in [6, 6.07) is 0.465. The number of nitrogens with two attached hydrogens (primary N) is 1. The molecule has 0 saturated carbocycles. The maximum atomic E-state index is 5.49. The molecule has 0 aliphatic carbocycles. The normalized spacial score (nSPS) is 13.4. The van der Waals surface area contributed by atoms with Gasteiger partial charge in [-0.15, -0.1) is 0 Å². The summed E-state index contributed by atoms with van der Waals surface area (Å²) in [7, 11) is 1.70. The number of ether oxygens (including phenoxy) is 1. The first-order valence-corrected chi connectivity index (χ1v) is 7.04. The summed E-state index contributed by atoms with van der Waals surface area (Å²) in [5, 5.41) is 3.39. The van der Waals surface area contributed by atoms with E-state index in [1.807, 2.05) is 0 Å². The molecular weight excluding hydrogens is 228 g/mol. The average Bonchev–Trinajstić information content (AvgIpc) is 2.39. The van der Waals surface area contributed by atoms with Gasteiger partial charge < -0.3 is 10.1 Å². The van der Waals surface area contributed by atoms with Crippen molar-refractivity contribution in [2.45, 2.75) is 58.4 Å². The Hall–Kier alpha value is -0.810. The van der Waals surface area contributed by atoms with Gasteiger partial charge in [-0.05, 0) is 19.3 Å². The third-order valence-corrected chi connectivity index (χ3v) is 2.80. The Bertz CT molecular complexity index is 209. The molecule has 0 amide bonds. The van der Waals surface area contributed by atoms with Crippen LogP contribution < -0.4 is 16.6 Å². The number of unbranched alkanes of at least 4 members (excludes halogenated alkanes) is 1. The van der Waals surface area contributed by atoms with E-state index < -0.39 is 0 Å². The van der Waals surface area contributed by atoms with Crippen molar-refractivity contribution < 1.29 is 4.74 Å². The van der Waals surface area contributed by atoms with Crippen LogP contribution in [-0.4, -0.2) is 32.3 Å². The van der Waals surface area contributed by atoms with Crippen molar-refractivity contribution in [1.29, 1.82) is 0 Å². The summed E-state index contributed by atoms with van der Waals surface area (Å²) >= 11 is 0. The zero-order chi connectivity index (χ0) is 13.6. The molecule has 1 unspecified atom stereocenters. The summed E-state index contributed by atoms with van der Waals surface area (Å²) in [5.41, 5.74) is 2.64. The number of nitrogens with zero attached hydrogens (tertiary/aromatic N) is 1. The number of hydrogen-bond acceptors (Lipinski definition) is 3. The smallest absolute Gasteiger partial charge is 0.205 e. The first-order valence-electron chi connectivity index (χ1n) is 7.04. The van der Waals surface area contributed by atoms with Crippen molar-refractivity contribution in [2.24, 2.45) is 10.8 Å². The quantitative estimate of drug-likeness (QED) is 0.184. The van der Waals surface area contributed by atoms with Gasteiger partial charge in [0.05, 0.1) is 0 Å². The van der Waals surface area contributed by atoms with E-state index in [1.54, 1.807) is 7.11 Å². The van der Waals surface area contributed by atoms with Gasteiger partial charge in [0.25, 0.3) is 0 Å². The SMILES string of the molecule is CCCCC(CCC)NC(=NCCCOC)NN. The molecule has 0 aliphatic rings. The molecule has 18 heavy (non-hydrogen) atoms. The molecule has 0 spiro atoms. The number of methoxy groups -OCH3 is 1. The van der Waals surface area contributed by atoms with Crippen LogP contribution in [0.5, 0.6) is 0 Å². The molecule has 0 aromatic carbocycles. The van der Waals surface area contributed by atoms with Gasteiger partial charge >= 0.3 is 0 Å². The Morgan fingerprint density at radius 1 is 1.22 bits per heavy atom. The van der Waals surface area contributed by atoms with Crippen molar-refractivity contribution in [3.05, 3.63) is 0 Å². The molecular formula is C13H30N4O. The predicted molar refractivity (Wildman–Crippen MR) is 77.5 cm³/mol. The Morgan fingerprint density at radius 2 is 2.00 bits per heavy atom. The zero-order valence-electron chi connectivity index (χ0n) is 12.2. The predicted octanol–water partition coefficient (Wildman–Crippen LogP) is 1.79. The fraction of sp³-hybridized carbons (Fsp3) is 0.923. The molecule has 0 fully saturated rings. The number of nitrogens with one attached hydrogen (secondary N) is 2. The van der Waals surface area contributed by atoms with Crippen LogP contribution in [0, 0.1) is 0 Å². The minimum absolute atomic E-state index is 0.465. The van der Waals surface area contributed by atoms with Gasteiger partial charge in [0, 0.05) is 26.3 Å². The van der Waals surface area contributed by atoms with Gasteiger partial charge in [-0.2, -0.15) is 0 Å². The van der Waals surface area contributed by atoms with Crippen LogP contribution in [0.1, 0.15) is 52.4 Å². The van der Waals surface area contributed by atoms with Gasteiger partial charge in [0.2, 0.25) is 5.96 Å². The maximum absolute atomic E-state index is 5.49. The Balaban J connectivity index is 4.09. The Morgan fingerprint density at radius 3 is 2.56 bits per heavy atom. The molecule has 1 atom stereocenters. The summed E-state index contributed by atoms with van der Waals surface area (Å²) in [6.45, 7) is 5.87. The fourth-order valence-electron chi connectivity index (χ4n) is 1.81. The van der Waals surface area contributed by atoms with E-state index in [9.17, 15) is 0 Å². The van der Waals surface area contributed by atoms with E-state index in [1.165, 1.54) is 25.7 Å². The molecule has 5 nitrogen and oxygen atoms in total. The van der Waals surface area contributed by atoms with Crippen molar-refractivity contribution in [3.63, 3.8) is 0 Å². The molecule has 0 aliphatic heterocycles. The lowest BCUT2D eigenvalue weighted by molar-refractivity contribution is 0.197. The van der Waals surface area contributed by atoms with Crippen LogP contribution in [0.3, 0.4) is 0 Å². The molecule has 0 aromatic rings. The number of guanidine groups is 1. The molecule has 0 bridgehead atoms. The number of hydrazine groups is 1. The van der Waals surface area contributed by atoms with Crippen LogP contribution >= 0.6 is 0 Å². The van der Waals surface area contributed by atoms with Crippen molar-refractivity contribution in [3.8, 4) is 0 Å². The molecule has 0 aromatic heterocycles. The highest BCUT2D eigenvalue weighted by atomic mass is 16.5. The van der Waals surface area contributed by atoms with E-state index in [0.717, 1.165) is 26.0 Å². The zero-order valence-corrected chi connectivity index (χ0v) is 12.2. The van der Waals surface area contributed by atoms with Gasteiger partial charge in [0.1, 0.15) is 0 Å². The summed E-state index contributed by atoms with van der Waals surface area (Å²) < 4.78 is 4.99. The first-order chi connectivity index (χ1) is 8.78. The molecule has 0 rings (SSSR count). The van der Waals surface area contributed by atoms with Crippen LogP contribution in [0.15, 0.2) is 4.99 Å². The van der Waals surface area contributed by atoms with Gasteiger partial charge in [-0.1, -0.05) is 33.1 Å². The molecule has 108 valence electrons. The number of hydrogen-bond donors (Lipinski definition) is 3. The van der Waals surface area contributed by atoms with E-state index in [2.05, 4.69) is 29.6 Å².